The molecule has 0 unspecified atom stereocenters. The van der Waals surface area contributed by atoms with Gasteiger partial charge in [0.2, 0.25) is 0 Å². The molecule has 21 heavy (non-hydrogen) atoms. The van der Waals surface area contributed by atoms with Crippen LogP contribution in [-0.4, -0.2) is 56.7 Å². The van der Waals surface area contributed by atoms with E-state index < -0.39 is 11.9 Å². The molecule has 0 rings (SSSR count). The lowest BCUT2D eigenvalue weighted by molar-refractivity contribution is -0.154. The molecule has 0 aliphatic heterocycles. The molecule has 0 radical (unpaired) electrons. The van der Waals surface area contributed by atoms with E-state index in [1.807, 2.05) is 0 Å². The molecule has 7 heteroatoms. The molecular weight excluding hydrogens is 280 g/mol. The highest BCUT2D eigenvalue weighted by Crippen LogP contribution is 2.01. The Kier molecular flexibility index (Phi) is 11.1. The van der Waals surface area contributed by atoms with Crippen molar-refractivity contribution in [1.82, 2.24) is 0 Å². The fourth-order valence-electron chi connectivity index (χ4n) is 0.977. The second-order valence-corrected chi connectivity index (χ2v) is 4.08. The molecule has 0 bridgehead atoms. The number of esters is 2. The number of carbonyl (C=O) groups is 2. The maximum Gasteiger partial charge on any atom is 0.344 e. The second-order valence-electron chi connectivity index (χ2n) is 4.08. The first-order valence-corrected chi connectivity index (χ1v) is 6.45. The highest BCUT2D eigenvalue weighted by atomic mass is 16.6. The number of hydrogen-bond donors (Lipinski definition) is 1. The number of carbonyl (C=O) groups excluding carboxylic acids is 2. The first-order valence-electron chi connectivity index (χ1n) is 6.45. The number of hydrogen-bond acceptors (Lipinski definition) is 7. The molecule has 0 spiro atoms. The van der Waals surface area contributed by atoms with Crippen LogP contribution in [0.4, 0.5) is 0 Å². The summed E-state index contributed by atoms with van der Waals surface area (Å²) >= 11 is 0. The molecule has 0 aliphatic carbocycles. The number of aliphatic hydroxyl groups is 1. The zero-order valence-electron chi connectivity index (χ0n) is 12.4. The summed E-state index contributed by atoms with van der Waals surface area (Å²) in [5.74, 6) is -1.54. The van der Waals surface area contributed by atoms with Crippen LogP contribution in [0.5, 0.6) is 0 Å². The van der Waals surface area contributed by atoms with Crippen LogP contribution in [0.25, 0.3) is 0 Å². The van der Waals surface area contributed by atoms with Gasteiger partial charge in [0, 0.05) is 5.57 Å². The minimum absolute atomic E-state index is 0.0167. The quantitative estimate of drug-likeness (QED) is 0.196. The van der Waals surface area contributed by atoms with Crippen LogP contribution in [0, 0.1) is 0 Å². The molecule has 0 saturated carbocycles. The molecular formula is C14H22O7. The van der Waals surface area contributed by atoms with Crippen LogP contribution >= 0.6 is 0 Å². The molecule has 0 atom stereocenters. The fourth-order valence-corrected chi connectivity index (χ4v) is 0.977. The average Bonchev–Trinajstić information content (AvgIpc) is 2.44. The molecule has 0 fully saturated rings. The Hall–Kier alpha value is -1.70. The van der Waals surface area contributed by atoms with Gasteiger partial charge >= 0.3 is 11.9 Å². The molecule has 0 amide bonds. The van der Waals surface area contributed by atoms with Gasteiger partial charge in [-0.2, -0.15) is 0 Å². The Morgan fingerprint density at radius 3 is 2.14 bits per heavy atom. The Morgan fingerprint density at radius 1 is 1.00 bits per heavy atom. The first kappa shape index (κ1) is 19.3. The Balaban J connectivity index is 3.70. The van der Waals surface area contributed by atoms with Gasteiger partial charge in [0.15, 0.2) is 0 Å². The summed E-state index contributed by atoms with van der Waals surface area (Å²) < 4.78 is 19.8. The van der Waals surface area contributed by atoms with E-state index in [4.69, 9.17) is 19.3 Å². The summed E-state index contributed by atoms with van der Waals surface area (Å²) in [6, 6.07) is 0. The predicted molar refractivity (Wildman–Crippen MR) is 74.3 cm³/mol. The Bertz CT molecular complexity index is 374. The summed E-state index contributed by atoms with van der Waals surface area (Å²) in [7, 11) is 0. The molecule has 120 valence electrons. The summed E-state index contributed by atoms with van der Waals surface area (Å²) in [6.45, 7) is 7.92. The molecule has 0 aromatic carbocycles. The summed E-state index contributed by atoms with van der Waals surface area (Å²) in [4.78, 5) is 22.5. The van der Waals surface area contributed by atoms with Crippen molar-refractivity contribution in [2.45, 2.75) is 13.8 Å². The highest BCUT2D eigenvalue weighted by molar-refractivity contribution is 6.00. The van der Waals surface area contributed by atoms with E-state index in [9.17, 15) is 9.59 Å². The molecule has 7 nitrogen and oxygen atoms in total. The maximum atomic E-state index is 11.4. The van der Waals surface area contributed by atoms with E-state index in [0.717, 1.165) is 0 Å². The van der Waals surface area contributed by atoms with E-state index >= 15 is 0 Å². The smallest absolute Gasteiger partial charge is 0.344 e. The third kappa shape index (κ3) is 10.7. The monoisotopic (exact) mass is 302 g/mol. The van der Waals surface area contributed by atoms with Crippen LogP contribution < -0.4 is 0 Å². The van der Waals surface area contributed by atoms with Crippen molar-refractivity contribution in [2.24, 2.45) is 0 Å². The first-order chi connectivity index (χ1) is 9.99. The normalized spacial score (nSPS) is 11.1. The van der Waals surface area contributed by atoms with Crippen LogP contribution in [0.2, 0.25) is 0 Å². The van der Waals surface area contributed by atoms with Gasteiger partial charge in [-0.05, 0) is 13.8 Å². The van der Waals surface area contributed by atoms with Crippen molar-refractivity contribution >= 4 is 11.9 Å². The summed E-state index contributed by atoms with van der Waals surface area (Å²) in [6.07, 6.45) is 1.21. The summed E-state index contributed by atoms with van der Waals surface area (Å²) in [5, 5.41) is 8.46. The van der Waals surface area contributed by atoms with E-state index in [-0.39, 0.29) is 31.0 Å². The molecule has 0 aromatic heterocycles. The van der Waals surface area contributed by atoms with Crippen LogP contribution in [0.15, 0.2) is 24.0 Å². The van der Waals surface area contributed by atoms with Crippen LogP contribution in [0.3, 0.4) is 0 Å². The van der Waals surface area contributed by atoms with Gasteiger partial charge in [0.05, 0.1) is 44.9 Å². The van der Waals surface area contributed by atoms with Crippen LogP contribution in [-0.2, 0) is 28.5 Å². The fraction of sp³-hybridized carbons (Fsp3) is 0.571. The third-order valence-corrected chi connectivity index (χ3v) is 2.07. The van der Waals surface area contributed by atoms with Crippen molar-refractivity contribution < 1.29 is 33.6 Å². The Morgan fingerprint density at radius 2 is 1.57 bits per heavy atom. The van der Waals surface area contributed by atoms with Crippen molar-refractivity contribution in [3.8, 4) is 0 Å². The second kappa shape index (κ2) is 12.1. The zero-order valence-corrected chi connectivity index (χ0v) is 12.4. The van der Waals surface area contributed by atoms with Gasteiger partial charge in [-0.15, -0.1) is 0 Å². The van der Waals surface area contributed by atoms with Gasteiger partial charge in [0.1, 0.15) is 6.61 Å². The molecule has 0 aromatic rings. The van der Waals surface area contributed by atoms with E-state index in [2.05, 4.69) is 11.3 Å². The Labute approximate surface area is 124 Å². The third-order valence-electron chi connectivity index (χ3n) is 2.07. The van der Waals surface area contributed by atoms with Crippen molar-refractivity contribution in [3.63, 3.8) is 0 Å². The van der Waals surface area contributed by atoms with Gasteiger partial charge < -0.3 is 24.1 Å². The predicted octanol–water partition coefficient (Wildman–Crippen LogP) is 0.578. The molecule has 0 heterocycles. The standard InChI is InChI=1S/C14H22O7/c1-11(2)13(16)21-14(17)12(3)10-20-9-8-19-7-6-18-5-4-15/h10,15H,1,4-9H2,2-3H3. The number of ether oxygens (including phenoxy) is 4. The lowest BCUT2D eigenvalue weighted by Crippen LogP contribution is -2.14. The van der Waals surface area contributed by atoms with Gasteiger partial charge in [-0.25, -0.2) is 9.59 Å². The van der Waals surface area contributed by atoms with Crippen molar-refractivity contribution in [2.75, 3.05) is 39.6 Å². The maximum absolute atomic E-state index is 11.4. The largest absolute Gasteiger partial charge is 0.498 e. The molecule has 1 N–H and O–H groups in total. The lowest BCUT2D eigenvalue weighted by atomic mass is 10.3. The average molecular weight is 302 g/mol. The van der Waals surface area contributed by atoms with Crippen molar-refractivity contribution in [1.29, 1.82) is 0 Å². The highest BCUT2D eigenvalue weighted by Gasteiger charge is 2.12. The molecule has 0 aliphatic rings. The minimum atomic E-state index is -0.777. The van der Waals surface area contributed by atoms with Gasteiger partial charge in [0.25, 0.3) is 0 Å². The van der Waals surface area contributed by atoms with Gasteiger partial charge in [-0.3, -0.25) is 0 Å². The van der Waals surface area contributed by atoms with E-state index in [1.165, 1.54) is 20.1 Å². The summed E-state index contributed by atoms with van der Waals surface area (Å²) in [5.41, 5.74) is 0.310. The zero-order chi connectivity index (χ0) is 16.1. The number of rotatable bonds is 11. The molecule has 0 saturated heterocycles. The lowest BCUT2D eigenvalue weighted by Gasteiger charge is -2.06. The van der Waals surface area contributed by atoms with Crippen LogP contribution in [0.1, 0.15) is 13.8 Å². The topological polar surface area (TPSA) is 91.3 Å². The minimum Gasteiger partial charge on any atom is -0.498 e. The van der Waals surface area contributed by atoms with E-state index in [0.29, 0.717) is 19.8 Å². The number of aliphatic hydroxyl groups excluding tert-OH is 1. The van der Waals surface area contributed by atoms with E-state index in [1.54, 1.807) is 0 Å². The van der Waals surface area contributed by atoms with Gasteiger partial charge in [-0.1, -0.05) is 6.58 Å². The van der Waals surface area contributed by atoms with Crippen molar-refractivity contribution in [3.05, 3.63) is 24.0 Å². The SMILES string of the molecule is C=C(C)C(=O)OC(=O)C(C)=COCCOCCOCCO.